The monoisotopic (exact) mass is 377 g/mol. The Labute approximate surface area is 162 Å². The average Bonchev–Trinajstić information content (AvgIpc) is 2.72. The third kappa shape index (κ3) is 5.72. The van der Waals surface area contributed by atoms with E-state index in [4.69, 9.17) is 9.57 Å². The molecule has 4 nitrogen and oxygen atoms in total. The summed E-state index contributed by atoms with van der Waals surface area (Å²) in [6.07, 6.45) is 0. The number of benzene rings is 3. The first-order chi connectivity index (χ1) is 13.2. The van der Waals surface area contributed by atoms with Crippen molar-refractivity contribution in [2.75, 3.05) is 6.79 Å². The Bertz CT molecular complexity index is 894. The molecule has 0 radical (unpaired) electrons. The summed E-state index contributed by atoms with van der Waals surface area (Å²) in [7, 11) is 0. The van der Waals surface area contributed by atoms with Crippen LogP contribution >= 0.6 is 11.8 Å². The van der Waals surface area contributed by atoms with Gasteiger partial charge in [-0.05, 0) is 55.5 Å². The molecule has 0 aliphatic heterocycles. The van der Waals surface area contributed by atoms with Crippen molar-refractivity contribution in [2.24, 2.45) is 5.16 Å². The zero-order chi connectivity index (χ0) is 18.9. The van der Waals surface area contributed by atoms with Crippen LogP contribution in [0.2, 0.25) is 0 Å². The molecule has 0 unspecified atom stereocenters. The smallest absolute Gasteiger partial charge is 0.255 e. The first-order valence-electron chi connectivity index (χ1n) is 8.44. The molecule has 0 saturated heterocycles. The molecule has 0 aromatic heterocycles. The standard InChI is InChI=1S/C22H19NO3S/c1-17(23-26-16-25-19-8-4-2-5-9-19)22(24)18-12-14-21(15-13-18)27-20-10-6-3-7-11-20/h2-15H,16H2,1H3/b23-17-. The summed E-state index contributed by atoms with van der Waals surface area (Å²) < 4.78 is 5.37. The van der Waals surface area contributed by atoms with Crippen LogP contribution in [0.3, 0.4) is 0 Å². The van der Waals surface area contributed by atoms with E-state index in [9.17, 15) is 4.79 Å². The van der Waals surface area contributed by atoms with Gasteiger partial charge in [0.2, 0.25) is 5.78 Å². The summed E-state index contributed by atoms with van der Waals surface area (Å²) in [5.74, 6) is 0.508. The fourth-order valence-corrected chi connectivity index (χ4v) is 3.12. The highest BCUT2D eigenvalue weighted by Crippen LogP contribution is 2.27. The highest BCUT2D eigenvalue weighted by Gasteiger charge is 2.10. The summed E-state index contributed by atoms with van der Waals surface area (Å²) >= 11 is 1.65. The minimum absolute atomic E-state index is 0.0543. The molecule has 3 aromatic carbocycles. The van der Waals surface area contributed by atoms with Crippen molar-refractivity contribution in [2.45, 2.75) is 16.7 Å². The van der Waals surface area contributed by atoms with Crippen molar-refractivity contribution in [3.05, 3.63) is 90.5 Å². The maximum absolute atomic E-state index is 12.4. The number of ether oxygens (including phenoxy) is 1. The van der Waals surface area contributed by atoms with Crippen molar-refractivity contribution in [1.82, 2.24) is 0 Å². The van der Waals surface area contributed by atoms with Gasteiger partial charge >= 0.3 is 0 Å². The lowest BCUT2D eigenvalue weighted by Gasteiger charge is -2.05. The van der Waals surface area contributed by atoms with E-state index >= 15 is 0 Å². The van der Waals surface area contributed by atoms with E-state index in [0.717, 1.165) is 9.79 Å². The summed E-state index contributed by atoms with van der Waals surface area (Å²) in [6, 6.07) is 26.8. The first kappa shape index (κ1) is 18.7. The van der Waals surface area contributed by atoms with Crippen LogP contribution < -0.4 is 4.74 Å². The molecule has 0 saturated carbocycles. The molecule has 0 aliphatic carbocycles. The maximum Gasteiger partial charge on any atom is 0.255 e. The molecule has 0 spiro atoms. The van der Waals surface area contributed by atoms with Crippen LogP contribution in [0.25, 0.3) is 0 Å². The number of carbonyl (C=O) groups is 1. The van der Waals surface area contributed by atoms with Crippen LogP contribution in [0.5, 0.6) is 5.75 Å². The maximum atomic E-state index is 12.4. The van der Waals surface area contributed by atoms with Gasteiger partial charge in [0.05, 0.1) is 0 Å². The van der Waals surface area contributed by atoms with Crippen LogP contribution in [0, 0.1) is 0 Å². The minimum Gasteiger partial charge on any atom is -0.455 e. The number of hydrogen-bond donors (Lipinski definition) is 0. The van der Waals surface area contributed by atoms with Crippen molar-refractivity contribution in [1.29, 1.82) is 0 Å². The molecule has 0 N–H and O–H groups in total. The van der Waals surface area contributed by atoms with Gasteiger partial charge in [-0.15, -0.1) is 0 Å². The van der Waals surface area contributed by atoms with E-state index in [0.29, 0.717) is 11.3 Å². The average molecular weight is 377 g/mol. The lowest BCUT2D eigenvalue weighted by atomic mass is 10.1. The number of nitrogens with zero attached hydrogens (tertiary/aromatic N) is 1. The van der Waals surface area contributed by atoms with Gasteiger partial charge in [0.25, 0.3) is 6.79 Å². The summed E-state index contributed by atoms with van der Waals surface area (Å²) in [5.41, 5.74) is 0.844. The second-order valence-corrected chi connectivity index (χ2v) is 6.80. The highest BCUT2D eigenvalue weighted by molar-refractivity contribution is 7.99. The topological polar surface area (TPSA) is 47.9 Å². The van der Waals surface area contributed by atoms with E-state index < -0.39 is 0 Å². The lowest BCUT2D eigenvalue weighted by molar-refractivity contribution is 0.0186. The Morgan fingerprint density at radius 1 is 0.852 bits per heavy atom. The van der Waals surface area contributed by atoms with E-state index in [-0.39, 0.29) is 18.3 Å². The zero-order valence-electron chi connectivity index (χ0n) is 14.9. The number of Topliss-reactive ketones (excluding diaryl/α,β-unsaturated/α-hetero) is 1. The van der Waals surface area contributed by atoms with Gasteiger partial charge in [-0.25, -0.2) is 0 Å². The van der Waals surface area contributed by atoms with E-state index in [1.165, 1.54) is 0 Å². The Morgan fingerprint density at radius 2 is 1.44 bits per heavy atom. The fourth-order valence-electron chi connectivity index (χ4n) is 2.28. The Kier molecular flexibility index (Phi) is 6.66. The van der Waals surface area contributed by atoms with Crippen LogP contribution in [0.1, 0.15) is 17.3 Å². The Hall–Kier alpha value is -3.05. The molecular weight excluding hydrogens is 358 g/mol. The predicted octanol–water partition coefficient (Wildman–Crippen LogP) is 5.45. The van der Waals surface area contributed by atoms with Crippen molar-refractivity contribution in [3.63, 3.8) is 0 Å². The molecule has 0 atom stereocenters. The quantitative estimate of drug-likeness (QED) is 0.172. The number of rotatable bonds is 8. The van der Waals surface area contributed by atoms with E-state index in [1.807, 2.05) is 60.7 Å². The van der Waals surface area contributed by atoms with Gasteiger partial charge < -0.3 is 9.57 Å². The Morgan fingerprint density at radius 3 is 2.11 bits per heavy atom. The second-order valence-electron chi connectivity index (χ2n) is 5.65. The van der Waals surface area contributed by atoms with Gasteiger partial charge in [-0.1, -0.05) is 53.3 Å². The van der Waals surface area contributed by atoms with Gasteiger partial charge in [0.1, 0.15) is 11.5 Å². The molecule has 3 rings (SSSR count). The first-order valence-corrected chi connectivity index (χ1v) is 9.26. The number of oxime groups is 1. The minimum atomic E-state index is -0.175. The SMILES string of the molecule is C/C(=N/OCOc1ccccc1)C(=O)c1ccc(Sc2ccccc2)cc1. The summed E-state index contributed by atoms with van der Waals surface area (Å²) in [6.45, 7) is 1.57. The van der Waals surface area contributed by atoms with Crippen LogP contribution in [-0.4, -0.2) is 18.3 Å². The van der Waals surface area contributed by atoms with Gasteiger partial charge in [0, 0.05) is 15.4 Å². The van der Waals surface area contributed by atoms with Gasteiger partial charge in [0.15, 0.2) is 0 Å². The third-order valence-corrected chi connectivity index (χ3v) is 4.66. The number of para-hydroxylation sites is 1. The molecule has 0 amide bonds. The van der Waals surface area contributed by atoms with E-state index in [2.05, 4.69) is 17.3 Å². The molecule has 136 valence electrons. The summed E-state index contributed by atoms with van der Waals surface area (Å²) in [5, 5.41) is 3.84. The van der Waals surface area contributed by atoms with Gasteiger partial charge in [-0.3, -0.25) is 4.79 Å². The highest BCUT2D eigenvalue weighted by atomic mass is 32.2. The molecule has 0 aliphatic rings. The van der Waals surface area contributed by atoms with Crippen molar-refractivity contribution < 1.29 is 14.4 Å². The Balaban J connectivity index is 1.53. The molecule has 3 aromatic rings. The van der Waals surface area contributed by atoms with Crippen LogP contribution in [-0.2, 0) is 4.84 Å². The molecule has 5 heteroatoms. The number of hydrogen-bond acceptors (Lipinski definition) is 5. The molecule has 27 heavy (non-hydrogen) atoms. The zero-order valence-corrected chi connectivity index (χ0v) is 15.7. The normalized spacial score (nSPS) is 11.1. The van der Waals surface area contributed by atoms with Gasteiger partial charge in [-0.2, -0.15) is 0 Å². The second kappa shape index (κ2) is 9.59. The van der Waals surface area contributed by atoms with Crippen LogP contribution in [0.4, 0.5) is 0 Å². The largest absolute Gasteiger partial charge is 0.455 e. The number of ketones is 1. The van der Waals surface area contributed by atoms with E-state index in [1.54, 1.807) is 30.8 Å². The van der Waals surface area contributed by atoms with Crippen molar-refractivity contribution >= 4 is 23.3 Å². The van der Waals surface area contributed by atoms with Crippen molar-refractivity contribution in [3.8, 4) is 5.75 Å². The van der Waals surface area contributed by atoms with Crippen LogP contribution in [0.15, 0.2) is 99.9 Å². The fraction of sp³-hybridized carbons (Fsp3) is 0.0909. The summed E-state index contributed by atoms with van der Waals surface area (Å²) in [4.78, 5) is 19.7. The third-order valence-electron chi connectivity index (χ3n) is 3.65. The molecule has 0 heterocycles. The molecule has 0 fully saturated rings. The molecule has 0 bridgehead atoms. The number of carbonyl (C=O) groups excluding carboxylic acids is 1. The predicted molar refractivity (Wildman–Crippen MR) is 107 cm³/mol. The lowest BCUT2D eigenvalue weighted by Crippen LogP contribution is -2.12. The molecular formula is C22H19NO3S.